The van der Waals surface area contributed by atoms with Crippen LogP contribution in [0, 0.1) is 0 Å². The third kappa shape index (κ3) is 6.07. The highest BCUT2D eigenvalue weighted by Gasteiger charge is 2.28. The van der Waals surface area contributed by atoms with Gasteiger partial charge in [0, 0.05) is 31.0 Å². The van der Waals surface area contributed by atoms with Crippen molar-refractivity contribution < 1.29 is 17.9 Å². The standard InChI is InChI=1S/C22H33N5O4S/c1-16(2)26-14-19(23-15-26)32(29,30)24-12-6-9-18-11-10-17-8-7-13-27(20(17)25-18)21(28)31-22(3,4)5/h10-11,14-16,24H,6-9,12-13H2,1-5H3. The van der Waals surface area contributed by atoms with Crippen LogP contribution >= 0.6 is 0 Å². The number of hydrogen-bond donors (Lipinski definition) is 1. The summed E-state index contributed by atoms with van der Waals surface area (Å²) in [7, 11) is -3.65. The first-order chi connectivity index (χ1) is 15.0. The molecule has 2 aromatic heterocycles. The molecule has 1 amide bonds. The summed E-state index contributed by atoms with van der Waals surface area (Å²) in [4.78, 5) is 22.9. The Labute approximate surface area is 190 Å². The Hall–Kier alpha value is -2.46. The number of anilines is 1. The summed E-state index contributed by atoms with van der Waals surface area (Å²) in [5.41, 5.74) is 1.25. The van der Waals surface area contributed by atoms with Gasteiger partial charge in [0.25, 0.3) is 10.0 Å². The van der Waals surface area contributed by atoms with E-state index in [9.17, 15) is 13.2 Å². The predicted octanol–water partition coefficient (Wildman–Crippen LogP) is 3.46. The average Bonchev–Trinajstić information content (AvgIpc) is 3.21. The minimum atomic E-state index is -3.65. The van der Waals surface area contributed by atoms with Gasteiger partial charge in [0.05, 0.1) is 6.33 Å². The second-order valence-electron chi connectivity index (χ2n) is 9.28. The van der Waals surface area contributed by atoms with Crippen LogP contribution in [0.4, 0.5) is 10.6 Å². The number of fused-ring (bicyclic) bond motifs is 1. The zero-order valence-electron chi connectivity index (χ0n) is 19.5. The highest BCUT2D eigenvalue weighted by Crippen LogP contribution is 2.27. The summed E-state index contributed by atoms with van der Waals surface area (Å²) in [6.45, 7) is 10.3. The smallest absolute Gasteiger partial charge is 0.416 e. The Morgan fingerprint density at radius 1 is 1.28 bits per heavy atom. The normalized spacial score (nSPS) is 14.5. The lowest BCUT2D eigenvalue weighted by Gasteiger charge is -2.31. The van der Waals surface area contributed by atoms with Crippen molar-refractivity contribution in [3.05, 3.63) is 35.9 Å². The van der Waals surface area contributed by atoms with Gasteiger partial charge in [0.15, 0.2) is 5.03 Å². The number of aromatic nitrogens is 3. The van der Waals surface area contributed by atoms with E-state index >= 15 is 0 Å². The number of carbonyl (C=O) groups is 1. The van der Waals surface area contributed by atoms with E-state index in [1.54, 1.807) is 9.47 Å². The maximum atomic E-state index is 12.6. The molecule has 3 heterocycles. The molecule has 9 nitrogen and oxygen atoms in total. The van der Waals surface area contributed by atoms with Crippen LogP contribution in [0.1, 0.15) is 64.8 Å². The van der Waals surface area contributed by atoms with Crippen LogP contribution in [-0.4, -0.2) is 47.7 Å². The monoisotopic (exact) mass is 463 g/mol. The summed E-state index contributed by atoms with van der Waals surface area (Å²) in [6.07, 6.45) is 5.54. The van der Waals surface area contributed by atoms with E-state index in [1.807, 2.05) is 46.8 Å². The van der Waals surface area contributed by atoms with Gasteiger partial charge in [-0.25, -0.2) is 27.9 Å². The van der Waals surface area contributed by atoms with E-state index in [2.05, 4.69) is 9.71 Å². The zero-order chi connectivity index (χ0) is 23.5. The van der Waals surface area contributed by atoms with Crippen LogP contribution in [-0.2, 0) is 27.6 Å². The average molecular weight is 464 g/mol. The van der Waals surface area contributed by atoms with Crippen LogP contribution in [0.2, 0.25) is 0 Å². The van der Waals surface area contributed by atoms with Crippen molar-refractivity contribution in [2.75, 3.05) is 18.0 Å². The van der Waals surface area contributed by atoms with Gasteiger partial charge in [0.2, 0.25) is 0 Å². The molecular weight excluding hydrogens is 430 g/mol. The molecule has 0 saturated heterocycles. The number of hydrogen-bond acceptors (Lipinski definition) is 6. The molecule has 1 N–H and O–H groups in total. The fraction of sp³-hybridized carbons (Fsp3) is 0.591. The van der Waals surface area contributed by atoms with Gasteiger partial charge in [-0.15, -0.1) is 0 Å². The Morgan fingerprint density at radius 2 is 2.03 bits per heavy atom. The van der Waals surface area contributed by atoms with E-state index in [0.717, 1.165) is 24.1 Å². The summed E-state index contributed by atoms with van der Waals surface area (Å²) >= 11 is 0. The Bertz CT molecular complexity index is 1060. The van der Waals surface area contributed by atoms with Gasteiger partial charge in [0.1, 0.15) is 11.4 Å². The fourth-order valence-electron chi connectivity index (χ4n) is 3.40. The first kappa shape index (κ1) is 24.2. The summed E-state index contributed by atoms with van der Waals surface area (Å²) in [6, 6.07) is 4.08. The number of ether oxygens (including phenoxy) is 1. The fourth-order valence-corrected chi connectivity index (χ4v) is 4.41. The van der Waals surface area contributed by atoms with Gasteiger partial charge >= 0.3 is 6.09 Å². The molecule has 1 aliphatic heterocycles. The van der Waals surface area contributed by atoms with Crippen molar-refractivity contribution in [3.8, 4) is 0 Å². The molecule has 0 fully saturated rings. The molecule has 0 radical (unpaired) electrons. The SMILES string of the molecule is CC(C)n1cnc(S(=O)(=O)NCCCc2ccc3c(n2)N(C(=O)OC(C)(C)C)CCC3)c1. The summed E-state index contributed by atoms with van der Waals surface area (Å²) < 4.78 is 34.8. The van der Waals surface area contributed by atoms with Crippen molar-refractivity contribution in [1.29, 1.82) is 0 Å². The number of rotatable bonds is 7. The van der Waals surface area contributed by atoms with Gasteiger partial charge in [-0.05, 0) is 71.9 Å². The topological polar surface area (TPSA) is 106 Å². The van der Waals surface area contributed by atoms with Crippen molar-refractivity contribution in [3.63, 3.8) is 0 Å². The molecule has 0 unspecified atom stereocenters. The molecule has 0 spiro atoms. The van der Waals surface area contributed by atoms with Gasteiger partial charge in [-0.3, -0.25) is 4.90 Å². The lowest BCUT2D eigenvalue weighted by molar-refractivity contribution is 0.0576. The molecular formula is C22H33N5O4S. The molecule has 2 aromatic rings. The first-order valence-electron chi connectivity index (χ1n) is 11.0. The van der Waals surface area contributed by atoms with E-state index in [0.29, 0.717) is 25.2 Å². The number of amides is 1. The molecule has 0 bridgehead atoms. The van der Waals surface area contributed by atoms with E-state index < -0.39 is 21.7 Å². The molecule has 0 saturated carbocycles. The molecule has 0 aliphatic carbocycles. The third-order valence-electron chi connectivity index (χ3n) is 5.06. The van der Waals surface area contributed by atoms with Gasteiger partial charge in [-0.1, -0.05) is 6.07 Å². The maximum absolute atomic E-state index is 12.6. The number of sulfonamides is 1. The number of nitrogens with zero attached hydrogens (tertiary/aromatic N) is 4. The van der Waals surface area contributed by atoms with Gasteiger partial charge < -0.3 is 9.30 Å². The molecule has 10 heteroatoms. The number of aryl methyl sites for hydroxylation is 2. The minimum Gasteiger partial charge on any atom is -0.443 e. The number of carbonyl (C=O) groups excluding carboxylic acids is 1. The van der Waals surface area contributed by atoms with E-state index in [-0.39, 0.29) is 17.6 Å². The molecule has 32 heavy (non-hydrogen) atoms. The van der Waals surface area contributed by atoms with E-state index in [4.69, 9.17) is 9.72 Å². The number of nitrogens with one attached hydrogen (secondary N) is 1. The lowest BCUT2D eigenvalue weighted by Crippen LogP contribution is -2.40. The van der Waals surface area contributed by atoms with Crippen molar-refractivity contribution in [1.82, 2.24) is 19.3 Å². The predicted molar refractivity (Wildman–Crippen MR) is 122 cm³/mol. The minimum absolute atomic E-state index is 0.0195. The third-order valence-corrected chi connectivity index (χ3v) is 6.41. The Kier molecular flexibility index (Phi) is 7.24. The van der Waals surface area contributed by atoms with Crippen LogP contribution in [0.25, 0.3) is 0 Å². The largest absolute Gasteiger partial charge is 0.443 e. The van der Waals surface area contributed by atoms with Crippen LogP contribution < -0.4 is 9.62 Å². The molecule has 0 atom stereocenters. The van der Waals surface area contributed by atoms with Crippen molar-refractivity contribution in [2.24, 2.45) is 0 Å². The van der Waals surface area contributed by atoms with Crippen molar-refractivity contribution >= 4 is 21.9 Å². The van der Waals surface area contributed by atoms with Gasteiger partial charge in [-0.2, -0.15) is 0 Å². The van der Waals surface area contributed by atoms with Crippen molar-refractivity contribution in [2.45, 2.75) is 77.0 Å². The highest BCUT2D eigenvalue weighted by atomic mass is 32.2. The first-order valence-corrected chi connectivity index (χ1v) is 12.5. The number of imidazole rings is 1. The Balaban J connectivity index is 1.60. The second kappa shape index (κ2) is 9.58. The summed E-state index contributed by atoms with van der Waals surface area (Å²) in [5.74, 6) is 0.641. The highest BCUT2D eigenvalue weighted by molar-refractivity contribution is 7.89. The molecule has 0 aromatic carbocycles. The zero-order valence-corrected chi connectivity index (χ0v) is 20.3. The molecule has 176 valence electrons. The lowest BCUT2D eigenvalue weighted by atomic mass is 10.0. The van der Waals surface area contributed by atoms with Crippen LogP contribution in [0.5, 0.6) is 0 Å². The van der Waals surface area contributed by atoms with E-state index in [1.165, 1.54) is 12.5 Å². The van der Waals surface area contributed by atoms with Crippen LogP contribution in [0.15, 0.2) is 29.7 Å². The molecule has 3 rings (SSSR count). The summed E-state index contributed by atoms with van der Waals surface area (Å²) in [5, 5.41) is 0.0195. The maximum Gasteiger partial charge on any atom is 0.416 e. The number of pyridine rings is 1. The Morgan fingerprint density at radius 3 is 2.69 bits per heavy atom. The quantitative estimate of drug-likeness (QED) is 0.630. The second-order valence-corrected chi connectivity index (χ2v) is 11.0. The molecule has 1 aliphatic rings. The van der Waals surface area contributed by atoms with Crippen LogP contribution in [0.3, 0.4) is 0 Å².